The molecule has 1 amide bonds. The van der Waals surface area contributed by atoms with Crippen molar-refractivity contribution < 1.29 is 9.18 Å². The van der Waals surface area contributed by atoms with Gasteiger partial charge in [-0.15, -0.1) is 11.3 Å². The molecule has 1 aromatic carbocycles. The SMILES string of the molecule is CC[C@@H](C)c1nc(N2CCN(C(=O)c3ccccc3F)CC2)c2c3c(sc2n1)C[C@H](C)CC3. The number of amides is 1. The summed E-state index contributed by atoms with van der Waals surface area (Å²) in [4.78, 5) is 29.6. The van der Waals surface area contributed by atoms with E-state index in [1.165, 1.54) is 28.3 Å². The molecule has 0 bridgehead atoms. The van der Waals surface area contributed by atoms with Crippen molar-refractivity contribution >= 4 is 33.3 Å². The highest BCUT2D eigenvalue weighted by atomic mass is 32.1. The van der Waals surface area contributed by atoms with Gasteiger partial charge in [-0.2, -0.15) is 0 Å². The molecule has 0 N–H and O–H groups in total. The number of nitrogens with zero attached hydrogens (tertiary/aromatic N) is 4. The fourth-order valence-electron chi connectivity index (χ4n) is 4.90. The fourth-order valence-corrected chi connectivity index (χ4v) is 6.28. The summed E-state index contributed by atoms with van der Waals surface area (Å²) < 4.78 is 14.1. The van der Waals surface area contributed by atoms with Crippen LogP contribution in [0, 0.1) is 11.7 Å². The molecule has 7 heteroatoms. The number of anilines is 1. The van der Waals surface area contributed by atoms with E-state index < -0.39 is 5.82 Å². The Bertz CT molecular complexity index is 1180. The summed E-state index contributed by atoms with van der Waals surface area (Å²) >= 11 is 1.84. The largest absolute Gasteiger partial charge is 0.352 e. The van der Waals surface area contributed by atoms with E-state index in [4.69, 9.17) is 9.97 Å². The molecule has 3 aromatic rings. The van der Waals surface area contributed by atoms with Crippen LogP contribution < -0.4 is 4.90 Å². The molecule has 1 fully saturated rings. The number of rotatable bonds is 4. The summed E-state index contributed by atoms with van der Waals surface area (Å²) in [6.45, 7) is 9.18. The highest BCUT2D eigenvalue weighted by molar-refractivity contribution is 7.19. The topological polar surface area (TPSA) is 49.3 Å². The number of hydrogen-bond acceptors (Lipinski definition) is 5. The zero-order chi connectivity index (χ0) is 23.1. The molecule has 5 nitrogen and oxygen atoms in total. The van der Waals surface area contributed by atoms with Crippen LogP contribution >= 0.6 is 11.3 Å². The highest BCUT2D eigenvalue weighted by Gasteiger charge is 2.29. The lowest BCUT2D eigenvalue weighted by atomic mass is 9.89. The van der Waals surface area contributed by atoms with E-state index in [9.17, 15) is 9.18 Å². The van der Waals surface area contributed by atoms with Gasteiger partial charge in [-0.1, -0.05) is 32.9 Å². The van der Waals surface area contributed by atoms with Crippen molar-refractivity contribution in [3.63, 3.8) is 0 Å². The minimum Gasteiger partial charge on any atom is -0.352 e. The molecule has 0 unspecified atom stereocenters. The van der Waals surface area contributed by atoms with Crippen LogP contribution in [0.1, 0.15) is 66.2 Å². The Labute approximate surface area is 198 Å². The van der Waals surface area contributed by atoms with Crippen LogP contribution in [0.4, 0.5) is 10.2 Å². The second-order valence-corrected chi connectivity index (χ2v) is 10.6. The average molecular weight is 467 g/mol. The predicted octanol–water partition coefficient (Wildman–Crippen LogP) is 5.43. The molecule has 1 saturated heterocycles. The van der Waals surface area contributed by atoms with Crippen LogP contribution in [-0.4, -0.2) is 47.0 Å². The maximum absolute atomic E-state index is 14.1. The molecule has 2 aromatic heterocycles. The van der Waals surface area contributed by atoms with Gasteiger partial charge in [0, 0.05) is 37.0 Å². The number of halogens is 1. The number of benzene rings is 1. The molecule has 2 atom stereocenters. The first-order valence-corrected chi connectivity index (χ1v) is 12.9. The Morgan fingerprint density at radius 2 is 1.97 bits per heavy atom. The van der Waals surface area contributed by atoms with Gasteiger partial charge in [0.05, 0.1) is 10.9 Å². The van der Waals surface area contributed by atoms with Crippen molar-refractivity contribution in [1.82, 2.24) is 14.9 Å². The minimum absolute atomic E-state index is 0.149. The molecule has 3 heterocycles. The third kappa shape index (κ3) is 4.12. The molecule has 0 saturated carbocycles. The van der Waals surface area contributed by atoms with Crippen molar-refractivity contribution in [2.45, 2.75) is 52.4 Å². The first-order chi connectivity index (χ1) is 16.0. The maximum atomic E-state index is 14.1. The molecule has 174 valence electrons. The third-order valence-electron chi connectivity index (χ3n) is 7.18. The summed E-state index contributed by atoms with van der Waals surface area (Å²) in [5.41, 5.74) is 1.58. The van der Waals surface area contributed by atoms with Gasteiger partial charge in [0.25, 0.3) is 5.91 Å². The molecule has 0 radical (unpaired) electrons. The fraction of sp³-hybridized carbons (Fsp3) is 0.500. The number of hydrogen-bond donors (Lipinski definition) is 0. The maximum Gasteiger partial charge on any atom is 0.256 e. The number of aromatic nitrogens is 2. The number of carbonyl (C=O) groups is 1. The molecular weight excluding hydrogens is 435 g/mol. The van der Waals surface area contributed by atoms with Gasteiger partial charge in [0.2, 0.25) is 0 Å². The van der Waals surface area contributed by atoms with E-state index in [1.54, 1.807) is 23.1 Å². The predicted molar refractivity (Wildman–Crippen MR) is 132 cm³/mol. The molecule has 5 rings (SSSR count). The number of thiophene rings is 1. The van der Waals surface area contributed by atoms with Crippen molar-refractivity contribution in [1.29, 1.82) is 0 Å². The van der Waals surface area contributed by atoms with Gasteiger partial charge >= 0.3 is 0 Å². The summed E-state index contributed by atoms with van der Waals surface area (Å²) in [6, 6.07) is 6.23. The Hall–Kier alpha value is -2.54. The van der Waals surface area contributed by atoms with Gasteiger partial charge in [0.15, 0.2) is 0 Å². The van der Waals surface area contributed by atoms with E-state index in [1.807, 2.05) is 11.3 Å². The van der Waals surface area contributed by atoms with Gasteiger partial charge in [0.1, 0.15) is 22.3 Å². The number of carbonyl (C=O) groups excluding carboxylic acids is 1. The second-order valence-electron chi connectivity index (χ2n) is 9.51. The van der Waals surface area contributed by atoms with Crippen LogP contribution in [0.25, 0.3) is 10.2 Å². The van der Waals surface area contributed by atoms with Crippen molar-refractivity contribution in [3.8, 4) is 0 Å². The summed E-state index contributed by atoms with van der Waals surface area (Å²) in [5, 5.41) is 1.22. The van der Waals surface area contributed by atoms with Gasteiger partial charge in [-0.25, -0.2) is 14.4 Å². The monoisotopic (exact) mass is 466 g/mol. The van der Waals surface area contributed by atoms with Crippen molar-refractivity contribution in [2.24, 2.45) is 5.92 Å². The first kappa shape index (κ1) is 22.3. The third-order valence-corrected chi connectivity index (χ3v) is 8.33. The first-order valence-electron chi connectivity index (χ1n) is 12.1. The van der Waals surface area contributed by atoms with Crippen molar-refractivity contribution in [3.05, 3.63) is 51.9 Å². The molecule has 1 aliphatic carbocycles. The van der Waals surface area contributed by atoms with Crippen LogP contribution in [0.2, 0.25) is 0 Å². The van der Waals surface area contributed by atoms with E-state index >= 15 is 0 Å². The molecule has 0 spiro atoms. The molecule has 1 aliphatic heterocycles. The number of piperazine rings is 1. The summed E-state index contributed by atoms with van der Waals surface area (Å²) in [6.07, 6.45) is 4.41. The average Bonchev–Trinajstić information content (AvgIpc) is 3.20. The summed E-state index contributed by atoms with van der Waals surface area (Å²) in [7, 11) is 0. The van der Waals surface area contributed by atoms with E-state index in [-0.39, 0.29) is 11.5 Å². The van der Waals surface area contributed by atoms with Gasteiger partial charge < -0.3 is 9.80 Å². The zero-order valence-corrected chi connectivity index (χ0v) is 20.4. The van der Waals surface area contributed by atoms with Crippen LogP contribution in [-0.2, 0) is 12.8 Å². The summed E-state index contributed by atoms with van der Waals surface area (Å²) in [5.74, 6) is 2.26. The quantitative estimate of drug-likeness (QED) is 0.514. The van der Waals surface area contributed by atoms with E-state index in [0.29, 0.717) is 38.0 Å². The zero-order valence-electron chi connectivity index (χ0n) is 19.6. The number of fused-ring (bicyclic) bond motifs is 3. The molecule has 2 aliphatic rings. The number of aryl methyl sites for hydroxylation is 1. The van der Waals surface area contributed by atoms with Crippen molar-refractivity contribution in [2.75, 3.05) is 31.1 Å². The Morgan fingerprint density at radius 1 is 1.21 bits per heavy atom. The van der Waals surface area contributed by atoms with E-state index in [2.05, 4.69) is 25.7 Å². The molecule has 33 heavy (non-hydrogen) atoms. The second kappa shape index (κ2) is 9.01. The Balaban J connectivity index is 1.46. The van der Waals surface area contributed by atoms with Crippen LogP contribution in [0.5, 0.6) is 0 Å². The normalized spacial score (nSPS) is 19.6. The van der Waals surface area contributed by atoms with Crippen LogP contribution in [0.15, 0.2) is 24.3 Å². The lowest BCUT2D eigenvalue weighted by Crippen LogP contribution is -2.49. The minimum atomic E-state index is -0.459. The van der Waals surface area contributed by atoms with Gasteiger partial charge in [-0.3, -0.25) is 4.79 Å². The Kier molecular flexibility index (Phi) is 6.08. The Morgan fingerprint density at radius 3 is 2.70 bits per heavy atom. The standard InChI is InChI=1S/C26H31FN4OS/c1-4-17(3)23-28-24(22-19-10-9-16(2)15-21(19)33-25(22)29-23)30-11-13-31(14-12-30)26(32)18-7-5-6-8-20(18)27/h5-8,16-17H,4,9-15H2,1-3H3/t16-,17-/m1/s1. The smallest absolute Gasteiger partial charge is 0.256 e. The van der Waals surface area contributed by atoms with Crippen LogP contribution in [0.3, 0.4) is 0 Å². The lowest BCUT2D eigenvalue weighted by Gasteiger charge is -2.36. The van der Waals surface area contributed by atoms with E-state index in [0.717, 1.165) is 35.7 Å². The lowest BCUT2D eigenvalue weighted by molar-refractivity contribution is 0.0742. The molecular formula is C26H31FN4OS. The highest BCUT2D eigenvalue weighted by Crippen LogP contribution is 2.42. The van der Waals surface area contributed by atoms with Gasteiger partial charge in [-0.05, 0) is 49.3 Å².